The second kappa shape index (κ2) is 11.4. The fraction of sp³-hybridized carbons (Fsp3) is 0.462. The standard InChI is InChI=1S/C26H31F3N2O3S/c1-25(2,3)34-24(33)30-18(15-17-7-4-5-8-19(17)27)16-22(32)31-26(11-13-35-14-12-26)23-20(28)9-6-10-21(23)29/h4-10,18H,11-16H2,1-3H3,(H,30,33)(H,31,32)/t18-/m1/s1. The third-order valence-electron chi connectivity index (χ3n) is 5.74. The minimum atomic E-state index is -1.20. The molecule has 2 aromatic rings. The van der Waals surface area contributed by atoms with E-state index >= 15 is 0 Å². The number of rotatable bonds is 7. The molecule has 2 aromatic carbocycles. The van der Waals surface area contributed by atoms with Crippen LogP contribution in [0.3, 0.4) is 0 Å². The van der Waals surface area contributed by atoms with Crippen molar-refractivity contribution in [2.75, 3.05) is 11.5 Å². The summed E-state index contributed by atoms with van der Waals surface area (Å²) in [6.07, 6.45) is -0.206. The summed E-state index contributed by atoms with van der Waals surface area (Å²) < 4.78 is 49.1. The highest BCUT2D eigenvalue weighted by atomic mass is 32.2. The molecule has 0 bridgehead atoms. The van der Waals surface area contributed by atoms with Crippen LogP contribution in [0.2, 0.25) is 0 Å². The summed E-state index contributed by atoms with van der Waals surface area (Å²) in [7, 11) is 0. The number of amides is 2. The summed E-state index contributed by atoms with van der Waals surface area (Å²) in [4.78, 5) is 25.6. The maximum absolute atomic E-state index is 14.7. The van der Waals surface area contributed by atoms with E-state index in [9.17, 15) is 22.8 Å². The number of nitrogens with one attached hydrogen (secondary N) is 2. The van der Waals surface area contributed by atoms with Crippen LogP contribution in [0.5, 0.6) is 0 Å². The molecule has 2 amide bonds. The Morgan fingerprint density at radius 1 is 1.00 bits per heavy atom. The molecule has 0 radical (unpaired) electrons. The molecule has 35 heavy (non-hydrogen) atoms. The van der Waals surface area contributed by atoms with E-state index in [2.05, 4.69) is 10.6 Å². The van der Waals surface area contributed by atoms with Gasteiger partial charge in [0, 0.05) is 18.0 Å². The van der Waals surface area contributed by atoms with Gasteiger partial charge in [-0.15, -0.1) is 0 Å². The summed E-state index contributed by atoms with van der Waals surface area (Å²) in [5.41, 5.74) is -1.79. The molecule has 1 fully saturated rings. The van der Waals surface area contributed by atoms with E-state index in [-0.39, 0.29) is 18.4 Å². The van der Waals surface area contributed by atoms with Gasteiger partial charge in [0.25, 0.3) is 0 Å². The van der Waals surface area contributed by atoms with E-state index < -0.39 is 46.6 Å². The fourth-order valence-corrected chi connectivity index (χ4v) is 5.42. The van der Waals surface area contributed by atoms with Crippen LogP contribution in [0.25, 0.3) is 0 Å². The number of alkyl carbamates (subject to hydrolysis) is 1. The lowest BCUT2D eigenvalue weighted by Gasteiger charge is -2.39. The molecule has 2 N–H and O–H groups in total. The largest absolute Gasteiger partial charge is 0.444 e. The van der Waals surface area contributed by atoms with Crippen LogP contribution in [0, 0.1) is 17.5 Å². The Balaban J connectivity index is 1.83. The zero-order valence-corrected chi connectivity index (χ0v) is 20.9. The van der Waals surface area contributed by atoms with Gasteiger partial charge in [-0.1, -0.05) is 24.3 Å². The third-order valence-corrected chi connectivity index (χ3v) is 6.73. The topological polar surface area (TPSA) is 67.4 Å². The Morgan fingerprint density at radius 2 is 1.60 bits per heavy atom. The first kappa shape index (κ1) is 26.9. The predicted octanol–water partition coefficient (Wildman–Crippen LogP) is 5.47. The van der Waals surface area contributed by atoms with Crippen LogP contribution in [0.4, 0.5) is 18.0 Å². The van der Waals surface area contributed by atoms with Gasteiger partial charge in [0.1, 0.15) is 23.1 Å². The molecule has 0 aromatic heterocycles. The monoisotopic (exact) mass is 508 g/mol. The van der Waals surface area contributed by atoms with Gasteiger partial charge in [-0.05, 0) is 75.3 Å². The Morgan fingerprint density at radius 3 is 2.20 bits per heavy atom. The Hall–Kier alpha value is -2.68. The predicted molar refractivity (Wildman–Crippen MR) is 131 cm³/mol. The van der Waals surface area contributed by atoms with Crippen molar-refractivity contribution in [3.8, 4) is 0 Å². The van der Waals surface area contributed by atoms with E-state index in [4.69, 9.17) is 4.74 Å². The van der Waals surface area contributed by atoms with Gasteiger partial charge >= 0.3 is 6.09 Å². The van der Waals surface area contributed by atoms with Gasteiger partial charge < -0.3 is 15.4 Å². The average molecular weight is 509 g/mol. The third kappa shape index (κ3) is 7.40. The van der Waals surface area contributed by atoms with Gasteiger partial charge in [-0.2, -0.15) is 11.8 Å². The van der Waals surface area contributed by atoms with Gasteiger partial charge in [-0.25, -0.2) is 18.0 Å². The maximum Gasteiger partial charge on any atom is 0.407 e. The summed E-state index contributed by atoms with van der Waals surface area (Å²) in [6, 6.07) is 8.94. The van der Waals surface area contributed by atoms with Crippen molar-refractivity contribution in [2.24, 2.45) is 0 Å². The molecule has 0 saturated carbocycles. The second-order valence-corrected chi connectivity index (χ2v) is 10.9. The van der Waals surface area contributed by atoms with Gasteiger partial charge in [0.05, 0.1) is 5.54 Å². The lowest BCUT2D eigenvalue weighted by molar-refractivity contribution is -0.123. The zero-order chi connectivity index (χ0) is 25.6. The quantitative estimate of drug-likeness (QED) is 0.521. The molecular weight excluding hydrogens is 477 g/mol. The normalized spacial score (nSPS) is 16.3. The number of carbonyl (C=O) groups excluding carboxylic acids is 2. The molecule has 0 aliphatic carbocycles. The van der Waals surface area contributed by atoms with Crippen LogP contribution in [-0.2, 0) is 21.5 Å². The van der Waals surface area contributed by atoms with Crippen molar-refractivity contribution < 1.29 is 27.5 Å². The van der Waals surface area contributed by atoms with Crippen LogP contribution in [0.15, 0.2) is 42.5 Å². The summed E-state index contributed by atoms with van der Waals surface area (Å²) in [6.45, 7) is 5.12. The van der Waals surface area contributed by atoms with E-state index in [0.717, 1.165) is 0 Å². The highest BCUT2D eigenvalue weighted by molar-refractivity contribution is 7.99. The minimum absolute atomic E-state index is 0.0379. The molecule has 1 heterocycles. The van der Waals surface area contributed by atoms with Crippen LogP contribution in [0.1, 0.15) is 51.2 Å². The highest BCUT2D eigenvalue weighted by Gasteiger charge is 2.40. The summed E-state index contributed by atoms with van der Waals surface area (Å²) in [5, 5.41) is 5.52. The van der Waals surface area contributed by atoms with Crippen LogP contribution < -0.4 is 10.6 Å². The van der Waals surface area contributed by atoms with Gasteiger partial charge in [0.15, 0.2) is 0 Å². The van der Waals surface area contributed by atoms with Crippen molar-refractivity contribution in [3.05, 3.63) is 71.0 Å². The minimum Gasteiger partial charge on any atom is -0.444 e. The lowest BCUT2D eigenvalue weighted by Crippen LogP contribution is -2.51. The molecule has 5 nitrogen and oxygen atoms in total. The highest BCUT2D eigenvalue weighted by Crippen LogP contribution is 2.38. The van der Waals surface area contributed by atoms with Crippen molar-refractivity contribution in [3.63, 3.8) is 0 Å². The van der Waals surface area contributed by atoms with E-state index in [1.165, 1.54) is 24.3 Å². The molecule has 1 saturated heterocycles. The smallest absolute Gasteiger partial charge is 0.407 e. The zero-order valence-electron chi connectivity index (χ0n) is 20.1. The number of benzene rings is 2. The first-order chi connectivity index (χ1) is 16.5. The van der Waals surface area contributed by atoms with Gasteiger partial charge in [0.2, 0.25) is 5.91 Å². The molecule has 0 spiro atoms. The number of ether oxygens (including phenoxy) is 1. The van der Waals surface area contributed by atoms with Crippen molar-refractivity contribution in [2.45, 2.75) is 63.6 Å². The fourth-order valence-electron chi connectivity index (χ4n) is 4.23. The van der Waals surface area contributed by atoms with Crippen LogP contribution >= 0.6 is 11.8 Å². The molecule has 1 atom stereocenters. The van der Waals surface area contributed by atoms with Crippen molar-refractivity contribution in [1.82, 2.24) is 10.6 Å². The van der Waals surface area contributed by atoms with E-state index in [1.807, 2.05) is 0 Å². The maximum atomic E-state index is 14.7. The average Bonchev–Trinajstić information content (AvgIpc) is 2.74. The van der Waals surface area contributed by atoms with E-state index in [0.29, 0.717) is 29.9 Å². The summed E-state index contributed by atoms with van der Waals surface area (Å²) >= 11 is 1.65. The Labute approximate surface area is 208 Å². The summed E-state index contributed by atoms with van der Waals surface area (Å²) in [5.74, 6) is -1.14. The molecule has 1 aliphatic rings. The van der Waals surface area contributed by atoms with Crippen molar-refractivity contribution >= 4 is 23.8 Å². The lowest BCUT2D eigenvalue weighted by atomic mass is 9.83. The van der Waals surface area contributed by atoms with Crippen molar-refractivity contribution in [1.29, 1.82) is 0 Å². The first-order valence-corrected chi connectivity index (χ1v) is 12.7. The Kier molecular flexibility index (Phi) is 8.74. The second-order valence-electron chi connectivity index (χ2n) is 9.68. The Bertz CT molecular complexity index is 1030. The number of hydrogen-bond acceptors (Lipinski definition) is 4. The number of carbonyl (C=O) groups is 2. The molecule has 1 aliphatic heterocycles. The molecule has 0 unspecified atom stereocenters. The molecule has 190 valence electrons. The van der Waals surface area contributed by atoms with Gasteiger partial charge in [-0.3, -0.25) is 4.79 Å². The molecule has 9 heteroatoms. The molecular formula is C26H31F3N2O3S. The number of hydrogen-bond donors (Lipinski definition) is 2. The SMILES string of the molecule is CC(C)(C)OC(=O)N[C@@H](CC(=O)NC1(c2c(F)cccc2F)CCSCC1)Cc1ccccc1F. The molecule has 3 rings (SSSR count). The number of halogens is 3. The first-order valence-electron chi connectivity index (χ1n) is 11.6. The van der Waals surface area contributed by atoms with Crippen LogP contribution in [-0.4, -0.2) is 35.1 Å². The number of thioether (sulfide) groups is 1. The van der Waals surface area contributed by atoms with E-state index in [1.54, 1.807) is 50.7 Å².